The van der Waals surface area contributed by atoms with Gasteiger partial charge in [-0.25, -0.2) is 4.79 Å². The van der Waals surface area contributed by atoms with Gasteiger partial charge in [0.1, 0.15) is 17.6 Å². The molecule has 0 saturated carbocycles. The fourth-order valence-corrected chi connectivity index (χ4v) is 2.91. The van der Waals surface area contributed by atoms with Gasteiger partial charge in [-0.2, -0.15) is 0 Å². The fourth-order valence-electron chi connectivity index (χ4n) is 2.91. The number of hydrogen-bond donors (Lipinski definition) is 4. The first kappa shape index (κ1) is 28.4. The van der Waals surface area contributed by atoms with E-state index in [1.165, 1.54) is 6.92 Å². The fraction of sp³-hybridized carbons (Fsp3) is 0.652. The van der Waals surface area contributed by atoms with Crippen molar-refractivity contribution in [2.75, 3.05) is 0 Å². The van der Waals surface area contributed by atoms with Crippen molar-refractivity contribution in [1.82, 2.24) is 10.6 Å². The van der Waals surface area contributed by atoms with Crippen LogP contribution in [0.5, 0.6) is 0 Å². The third kappa shape index (κ3) is 14.9. The smallest absolute Gasteiger partial charge is 0.326 e. The average molecular weight is 439 g/mol. The van der Waals surface area contributed by atoms with Crippen molar-refractivity contribution in [3.05, 3.63) is 24.5 Å². The molecule has 0 spiro atoms. The molecule has 2 amide bonds. The number of aliphatic carboxylic acids is 1. The predicted octanol–water partition coefficient (Wildman–Crippen LogP) is 3.57. The summed E-state index contributed by atoms with van der Waals surface area (Å²) in [4.78, 5) is 46.1. The van der Waals surface area contributed by atoms with E-state index in [4.69, 9.17) is 5.11 Å². The SMILES string of the molecule is C=C(CC)CC[C@H](NC(=O)CCCCCCC(=O)N[C@@H](CCC(C)=O)C(=O)O)C(=C)O. The second-order valence-electron chi connectivity index (χ2n) is 7.87. The molecule has 0 radical (unpaired) electrons. The number of ketones is 1. The second kappa shape index (κ2) is 16.1. The van der Waals surface area contributed by atoms with Gasteiger partial charge in [-0.1, -0.05) is 38.5 Å². The third-order valence-corrected chi connectivity index (χ3v) is 5.00. The van der Waals surface area contributed by atoms with Crippen molar-refractivity contribution >= 4 is 23.6 Å². The van der Waals surface area contributed by atoms with Gasteiger partial charge in [0.25, 0.3) is 0 Å². The molecular formula is C23H38N2O6. The highest BCUT2D eigenvalue weighted by Gasteiger charge is 2.20. The average Bonchev–Trinajstić information content (AvgIpc) is 2.69. The molecule has 2 atom stereocenters. The molecule has 8 nitrogen and oxygen atoms in total. The largest absolute Gasteiger partial charge is 0.511 e. The van der Waals surface area contributed by atoms with Gasteiger partial charge < -0.3 is 25.6 Å². The van der Waals surface area contributed by atoms with E-state index in [1.54, 1.807) is 0 Å². The molecule has 0 aliphatic carbocycles. The Morgan fingerprint density at radius 2 is 1.26 bits per heavy atom. The molecule has 0 aromatic heterocycles. The summed E-state index contributed by atoms with van der Waals surface area (Å²) in [6, 6.07) is -1.53. The molecular weight excluding hydrogens is 400 g/mol. The van der Waals surface area contributed by atoms with Gasteiger partial charge in [0, 0.05) is 19.3 Å². The quantitative estimate of drug-likeness (QED) is 0.147. The zero-order valence-corrected chi connectivity index (χ0v) is 18.9. The minimum atomic E-state index is -1.15. The predicted molar refractivity (Wildman–Crippen MR) is 120 cm³/mol. The van der Waals surface area contributed by atoms with Crippen LogP contribution in [0, 0.1) is 0 Å². The maximum Gasteiger partial charge on any atom is 0.326 e. The Hall–Kier alpha value is -2.64. The zero-order valence-electron chi connectivity index (χ0n) is 18.9. The standard InChI is InChI=1S/C23H38N2O6/c1-5-16(2)12-14-19(18(4)27)24-21(28)10-8-6-7-9-11-22(29)25-20(23(30)31)15-13-17(3)26/h19-20,27H,2,4-15H2,1,3H3,(H,24,28)(H,25,29)(H,30,31)/t19-,20-/m0/s1. The van der Waals surface area contributed by atoms with E-state index in [1.807, 2.05) is 6.92 Å². The van der Waals surface area contributed by atoms with Gasteiger partial charge in [0.05, 0.1) is 6.04 Å². The second-order valence-corrected chi connectivity index (χ2v) is 7.87. The molecule has 0 heterocycles. The Labute approximate surface area is 185 Å². The number of unbranched alkanes of at least 4 members (excludes halogenated alkanes) is 3. The monoisotopic (exact) mass is 438 g/mol. The summed E-state index contributed by atoms with van der Waals surface area (Å²) in [5.41, 5.74) is 1.05. The van der Waals surface area contributed by atoms with Gasteiger partial charge >= 0.3 is 5.97 Å². The maximum atomic E-state index is 12.1. The van der Waals surface area contributed by atoms with Gasteiger partial charge in [0.2, 0.25) is 11.8 Å². The van der Waals surface area contributed by atoms with Crippen LogP contribution in [0.4, 0.5) is 0 Å². The number of carbonyl (C=O) groups excluding carboxylic acids is 3. The highest BCUT2D eigenvalue weighted by molar-refractivity contribution is 5.84. The molecule has 4 N–H and O–H groups in total. The van der Waals surface area contributed by atoms with Crippen molar-refractivity contribution in [3.63, 3.8) is 0 Å². The normalized spacial score (nSPS) is 12.5. The number of amides is 2. The zero-order chi connectivity index (χ0) is 23.8. The summed E-state index contributed by atoms with van der Waals surface area (Å²) < 4.78 is 0. The Kier molecular flexibility index (Phi) is 14.7. The van der Waals surface area contributed by atoms with E-state index in [2.05, 4.69) is 23.8 Å². The van der Waals surface area contributed by atoms with E-state index < -0.39 is 18.1 Å². The molecule has 0 aliphatic heterocycles. The van der Waals surface area contributed by atoms with Crippen LogP contribution in [0.1, 0.15) is 84.5 Å². The summed E-state index contributed by atoms with van der Waals surface area (Å²) in [5, 5.41) is 24.0. The summed E-state index contributed by atoms with van der Waals surface area (Å²) in [7, 11) is 0. The molecule has 31 heavy (non-hydrogen) atoms. The Morgan fingerprint density at radius 1 is 0.774 bits per heavy atom. The Morgan fingerprint density at radius 3 is 1.68 bits per heavy atom. The van der Waals surface area contributed by atoms with Crippen LogP contribution in [0.2, 0.25) is 0 Å². The number of hydrogen-bond acceptors (Lipinski definition) is 5. The Bertz CT molecular complexity index is 644. The summed E-state index contributed by atoms with van der Waals surface area (Å²) in [5.74, 6) is -1.85. The van der Waals surface area contributed by atoms with Crippen LogP contribution >= 0.6 is 0 Å². The molecule has 0 unspecified atom stereocenters. The number of rotatable bonds is 18. The first-order chi connectivity index (χ1) is 14.6. The number of nitrogens with one attached hydrogen (secondary N) is 2. The molecule has 8 heteroatoms. The molecule has 0 aromatic rings. The molecule has 0 saturated heterocycles. The van der Waals surface area contributed by atoms with Gasteiger partial charge in [-0.15, -0.1) is 0 Å². The number of aliphatic hydroxyl groups is 1. The van der Waals surface area contributed by atoms with E-state index in [-0.39, 0.29) is 42.6 Å². The minimum absolute atomic E-state index is 0.0637. The van der Waals surface area contributed by atoms with Crippen LogP contribution in [-0.4, -0.2) is 45.9 Å². The summed E-state index contributed by atoms with van der Waals surface area (Å²) >= 11 is 0. The van der Waals surface area contributed by atoms with Crippen LogP contribution in [-0.2, 0) is 19.2 Å². The molecule has 176 valence electrons. The first-order valence-electron chi connectivity index (χ1n) is 10.9. The van der Waals surface area contributed by atoms with Crippen LogP contribution < -0.4 is 10.6 Å². The van der Waals surface area contributed by atoms with E-state index in [0.29, 0.717) is 32.1 Å². The third-order valence-electron chi connectivity index (χ3n) is 5.00. The minimum Gasteiger partial charge on any atom is -0.511 e. The first-order valence-corrected chi connectivity index (χ1v) is 10.9. The molecule has 0 aliphatic rings. The highest BCUT2D eigenvalue weighted by Crippen LogP contribution is 2.13. The van der Waals surface area contributed by atoms with Crippen molar-refractivity contribution < 1.29 is 29.4 Å². The van der Waals surface area contributed by atoms with Crippen LogP contribution in [0.25, 0.3) is 0 Å². The van der Waals surface area contributed by atoms with Gasteiger partial charge in [0.15, 0.2) is 0 Å². The van der Waals surface area contributed by atoms with Crippen LogP contribution in [0.3, 0.4) is 0 Å². The molecule has 0 bridgehead atoms. The lowest BCUT2D eigenvalue weighted by Crippen LogP contribution is -2.40. The van der Waals surface area contributed by atoms with Crippen molar-refractivity contribution in [2.24, 2.45) is 0 Å². The highest BCUT2D eigenvalue weighted by atomic mass is 16.4. The molecule has 0 aromatic carbocycles. The number of allylic oxidation sites excluding steroid dienone is 1. The van der Waals surface area contributed by atoms with E-state index in [0.717, 1.165) is 24.8 Å². The maximum absolute atomic E-state index is 12.1. The lowest BCUT2D eigenvalue weighted by Gasteiger charge is -2.18. The number of carboxylic acid groups (broad SMARTS) is 1. The lowest BCUT2D eigenvalue weighted by molar-refractivity contribution is -0.142. The number of carboxylic acids is 1. The number of Topliss-reactive ketones (excluding diaryl/α,β-unsaturated/α-hetero) is 1. The van der Waals surface area contributed by atoms with Crippen molar-refractivity contribution in [2.45, 2.75) is 96.6 Å². The molecule has 0 rings (SSSR count). The number of carbonyl (C=O) groups is 4. The Balaban J connectivity index is 4.06. The van der Waals surface area contributed by atoms with Crippen LogP contribution in [0.15, 0.2) is 24.5 Å². The van der Waals surface area contributed by atoms with Crippen molar-refractivity contribution in [3.8, 4) is 0 Å². The molecule has 0 fully saturated rings. The lowest BCUT2D eigenvalue weighted by atomic mass is 10.0. The number of aliphatic hydroxyl groups excluding tert-OH is 1. The summed E-state index contributed by atoms with van der Waals surface area (Å²) in [6.45, 7) is 10.8. The van der Waals surface area contributed by atoms with E-state index >= 15 is 0 Å². The van der Waals surface area contributed by atoms with E-state index in [9.17, 15) is 24.3 Å². The van der Waals surface area contributed by atoms with Gasteiger partial charge in [-0.05, 0) is 45.4 Å². The topological polar surface area (TPSA) is 133 Å². The van der Waals surface area contributed by atoms with Crippen molar-refractivity contribution in [1.29, 1.82) is 0 Å². The summed E-state index contributed by atoms with van der Waals surface area (Å²) in [6.07, 6.45) is 5.55. The van der Waals surface area contributed by atoms with Gasteiger partial charge in [-0.3, -0.25) is 9.59 Å².